The smallest absolute Gasteiger partial charge is 0.330 e. The Morgan fingerprint density at radius 2 is 1.87 bits per heavy atom. The number of amides is 2. The Kier molecular flexibility index (Phi) is 9.61. The lowest BCUT2D eigenvalue weighted by atomic mass is 9.84. The number of benzene rings is 2. The first-order chi connectivity index (χ1) is 18.5. The van der Waals surface area contributed by atoms with Crippen molar-refractivity contribution < 1.29 is 23.9 Å². The van der Waals surface area contributed by atoms with E-state index in [0.717, 1.165) is 10.2 Å². The van der Waals surface area contributed by atoms with E-state index in [1.165, 1.54) is 44.7 Å². The molecule has 1 fully saturated rings. The van der Waals surface area contributed by atoms with Crippen LogP contribution in [-0.4, -0.2) is 55.5 Å². The molecule has 2 amide bonds. The number of hydrogen-bond acceptors (Lipinski definition) is 9. The number of para-hydroxylation sites is 2. The third-order valence-corrected chi connectivity index (χ3v) is 9.90. The molecule has 0 bridgehead atoms. The molecule has 3 aromatic rings. The van der Waals surface area contributed by atoms with E-state index in [2.05, 4.69) is 16.9 Å². The predicted octanol–water partition coefficient (Wildman–Crippen LogP) is 5.98. The lowest BCUT2D eigenvalue weighted by Gasteiger charge is -2.55. The second-order valence-corrected chi connectivity index (χ2v) is 14.6. The van der Waals surface area contributed by atoms with Crippen LogP contribution in [-0.2, 0) is 19.1 Å². The average Bonchev–Trinajstić information content (AvgIpc) is 3.28. The van der Waals surface area contributed by atoms with Crippen LogP contribution in [0.1, 0.15) is 13.3 Å². The van der Waals surface area contributed by atoms with E-state index in [1.807, 2.05) is 30.3 Å². The Morgan fingerprint density at radius 3 is 2.54 bits per heavy atom. The van der Waals surface area contributed by atoms with Gasteiger partial charge in [0.25, 0.3) is 11.8 Å². The van der Waals surface area contributed by atoms with Crippen molar-refractivity contribution in [1.29, 1.82) is 0 Å². The standard InChI is InChI=1S/C25H22Cl3N3O5S3/c1-15(2)36-20(33)12-31-21(34)24(14-25(26,27)28,30-19(32)13-35-16-8-4-3-5-9-16)22(31)38-39-23-29-17-10-6-7-11-18(17)37-23/h3-11,22H,1,12-14H2,2H3,(H,30,32). The highest BCUT2D eigenvalue weighted by Gasteiger charge is 2.65. The van der Waals surface area contributed by atoms with E-state index in [9.17, 15) is 14.4 Å². The van der Waals surface area contributed by atoms with Crippen molar-refractivity contribution in [3.05, 3.63) is 66.9 Å². The van der Waals surface area contributed by atoms with Gasteiger partial charge in [0.2, 0.25) is 0 Å². The number of esters is 1. The zero-order chi connectivity index (χ0) is 28.2. The Balaban J connectivity index is 1.58. The molecule has 8 nitrogen and oxygen atoms in total. The van der Waals surface area contributed by atoms with Crippen LogP contribution in [0.25, 0.3) is 10.2 Å². The van der Waals surface area contributed by atoms with E-state index in [4.69, 9.17) is 44.3 Å². The number of hydrogen-bond donors (Lipinski definition) is 1. The number of nitrogens with zero attached hydrogens (tertiary/aromatic N) is 2. The summed E-state index contributed by atoms with van der Waals surface area (Å²) in [6.07, 6.45) is -0.343. The van der Waals surface area contributed by atoms with Crippen LogP contribution in [0.5, 0.6) is 5.75 Å². The molecular formula is C25H22Cl3N3O5S3. The van der Waals surface area contributed by atoms with Crippen LogP contribution in [0.4, 0.5) is 0 Å². The van der Waals surface area contributed by atoms with Crippen LogP contribution in [0, 0.1) is 0 Å². The highest BCUT2D eigenvalue weighted by Crippen LogP contribution is 2.52. The highest BCUT2D eigenvalue weighted by atomic mass is 35.6. The predicted molar refractivity (Wildman–Crippen MR) is 157 cm³/mol. The molecule has 1 N–H and O–H groups in total. The molecule has 1 aliphatic rings. The summed E-state index contributed by atoms with van der Waals surface area (Å²) >= 11 is 19.9. The molecule has 4 rings (SSSR count). The first kappa shape index (κ1) is 29.8. The molecule has 0 radical (unpaired) electrons. The third-order valence-electron chi connectivity index (χ3n) is 5.37. The Bertz CT molecular complexity index is 1350. The summed E-state index contributed by atoms with van der Waals surface area (Å²) in [6.45, 7) is 4.31. The van der Waals surface area contributed by atoms with E-state index < -0.39 is 32.5 Å². The average molecular weight is 647 g/mol. The lowest BCUT2D eigenvalue weighted by molar-refractivity contribution is -0.165. The van der Waals surface area contributed by atoms with Crippen molar-refractivity contribution >= 4 is 95.7 Å². The molecule has 1 saturated heterocycles. The van der Waals surface area contributed by atoms with Crippen molar-refractivity contribution in [2.45, 2.75) is 32.4 Å². The van der Waals surface area contributed by atoms with Gasteiger partial charge in [-0.2, -0.15) is 0 Å². The summed E-state index contributed by atoms with van der Waals surface area (Å²) < 4.78 is 10.4. The number of halogens is 3. The second kappa shape index (κ2) is 12.6. The molecule has 2 unspecified atom stereocenters. The number of alkyl halides is 3. The summed E-state index contributed by atoms with van der Waals surface area (Å²) in [5, 5.41) is 1.92. The van der Waals surface area contributed by atoms with E-state index >= 15 is 0 Å². The van der Waals surface area contributed by atoms with Crippen LogP contribution >= 0.6 is 67.7 Å². The molecule has 14 heteroatoms. The number of β-lactam (4-membered cyclic amide) rings is 1. The first-order valence-electron chi connectivity index (χ1n) is 11.4. The van der Waals surface area contributed by atoms with Crippen molar-refractivity contribution in [2.24, 2.45) is 0 Å². The monoisotopic (exact) mass is 645 g/mol. The Hall–Kier alpha value is -2.15. The number of nitrogens with one attached hydrogen (secondary N) is 1. The van der Waals surface area contributed by atoms with Crippen LogP contribution in [0.15, 0.2) is 71.3 Å². The summed E-state index contributed by atoms with van der Waals surface area (Å²) in [7, 11) is 2.51. The maximum atomic E-state index is 13.6. The highest BCUT2D eigenvalue weighted by molar-refractivity contribution is 8.77. The molecule has 2 aromatic carbocycles. The fourth-order valence-corrected chi connectivity index (χ4v) is 8.71. The molecule has 1 aliphatic heterocycles. The number of carbonyl (C=O) groups excluding carboxylic acids is 3. The van der Waals surface area contributed by atoms with Crippen molar-refractivity contribution in [2.75, 3.05) is 13.2 Å². The minimum absolute atomic E-state index is 0.181. The molecule has 2 heterocycles. The number of thiazole rings is 1. The summed E-state index contributed by atoms with van der Waals surface area (Å²) in [5.74, 6) is -1.22. The number of likely N-dealkylation sites (tertiary alicyclic amines) is 1. The van der Waals surface area contributed by atoms with E-state index in [1.54, 1.807) is 24.3 Å². The number of aromatic nitrogens is 1. The van der Waals surface area contributed by atoms with Gasteiger partial charge in [-0.3, -0.25) is 9.59 Å². The number of allylic oxidation sites excluding steroid dienone is 1. The van der Waals surface area contributed by atoms with Gasteiger partial charge in [-0.1, -0.05) is 82.5 Å². The van der Waals surface area contributed by atoms with Crippen LogP contribution < -0.4 is 10.1 Å². The maximum Gasteiger partial charge on any atom is 0.330 e. The van der Waals surface area contributed by atoms with Gasteiger partial charge in [0.1, 0.15) is 17.7 Å². The SMILES string of the molecule is C=C(C)OC(=O)CN1C(=O)C(CC(Cl)(Cl)Cl)(NC(=O)COc2ccccc2)C1SSc1nc2ccccc2s1. The normalized spacial score (nSPS) is 18.9. The van der Waals surface area contributed by atoms with Crippen molar-refractivity contribution in [3.63, 3.8) is 0 Å². The first-order valence-corrected chi connectivity index (χ1v) is 15.5. The van der Waals surface area contributed by atoms with Gasteiger partial charge in [0, 0.05) is 6.42 Å². The largest absolute Gasteiger partial charge is 0.484 e. The Morgan fingerprint density at radius 1 is 1.18 bits per heavy atom. The summed E-state index contributed by atoms with van der Waals surface area (Å²) in [6, 6.07) is 16.4. The van der Waals surface area contributed by atoms with Crippen LogP contribution in [0.2, 0.25) is 0 Å². The second-order valence-electron chi connectivity index (χ2n) is 8.50. The number of carbonyl (C=O) groups is 3. The van der Waals surface area contributed by atoms with Gasteiger partial charge in [-0.25, -0.2) is 9.78 Å². The van der Waals surface area contributed by atoms with E-state index in [0.29, 0.717) is 10.1 Å². The third kappa shape index (κ3) is 7.53. The molecule has 0 spiro atoms. The quantitative estimate of drug-likeness (QED) is 0.0894. The fourth-order valence-electron chi connectivity index (χ4n) is 3.89. The van der Waals surface area contributed by atoms with Crippen molar-refractivity contribution in [1.82, 2.24) is 15.2 Å². The van der Waals surface area contributed by atoms with E-state index in [-0.39, 0.29) is 25.3 Å². The number of fused-ring (bicyclic) bond motifs is 1. The minimum atomic E-state index is -1.90. The topological polar surface area (TPSA) is 97.8 Å². The van der Waals surface area contributed by atoms with Crippen molar-refractivity contribution in [3.8, 4) is 5.75 Å². The molecule has 0 aliphatic carbocycles. The zero-order valence-electron chi connectivity index (χ0n) is 20.4. The Labute approximate surface area is 251 Å². The minimum Gasteiger partial charge on any atom is -0.484 e. The number of rotatable bonds is 11. The molecular weight excluding hydrogens is 625 g/mol. The molecule has 1 aromatic heterocycles. The summed E-state index contributed by atoms with van der Waals surface area (Å²) in [5.41, 5.74) is -0.809. The van der Waals surface area contributed by atoms with Gasteiger partial charge in [0.15, 0.2) is 20.3 Å². The van der Waals surface area contributed by atoms with Gasteiger partial charge in [-0.05, 0) is 42.0 Å². The molecule has 0 saturated carbocycles. The zero-order valence-corrected chi connectivity index (χ0v) is 25.1. The van der Waals surface area contributed by atoms with Gasteiger partial charge < -0.3 is 19.7 Å². The molecule has 2 atom stereocenters. The van der Waals surface area contributed by atoms with Gasteiger partial charge >= 0.3 is 5.97 Å². The van der Waals surface area contributed by atoms with Gasteiger partial charge in [-0.15, -0.1) is 11.3 Å². The van der Waals surface area contributed by atoms with Gasteiger partial charge in [0.05, 0.1) is 16.0 Å². The fraction of sp³-hybridized carbons (Fsp3) is 0.280. The number of ether oxygens (including phenoxy) is 2. The molecule has 206 valence electrons. The lowest BCUT2D eigenvalue weighted by Crippen LogP contribution is -2.80. The maximum absolute atomic E-state index is 13.6. The molecule has 39 heavy (non-hydrogen) atoms. The van der Waals surface area contributed by atoms with Crippen LogP contribution in [0.3, 0.4) is 0 Å². The summed E-state index contributed by atoms with van der Waals surface area (Å²) in [4.78, 5) is 44.9.